The zero-order valence-corrected chi connectivity index (χ0v) is 13.7. The van der Waals surface area contributed by atoms with E-state index < -0.39 is 0 Å². The standard InChI is InChI=1S/C14H15ClN2O4S/c1-19-9-5-6-10(11(15)8-9)13-16-17-14(21-13)22-7-3-4-12(18)20-2/h5-6,8H,3-4,7H2,1-2H3. The van der Waals surface area contributed by atoms with Gasteiger partial charge in [0.1, 0.15) is 5.75 Å². The van der Waals surface area contributed by atoms with Crippen LogP contribution in [0.4, 0.5) is 0 Å². The Hall–Kier alpha value is -1.73. The summed E-state index contributed by atoms with van der Waals surface area (Å²) in [5.41, 5.74) is 0.649. The molecule has 8 heteroatoms. The first kappa shape index (κ1) is 16.6. The summed E-state index contributed by atoms with van der Waals surface area (Å²) in [4.78, 5) is 11.0. The van der Waals surface area contributed by atoms with Gasteiger partial charge in [-0.1, -0.05) is 23.4 Å². The van der Waals surface area contributed by atoms with E-state index in [1.165, 1.54) is 18.9 Å². The summed E-state index contributed by atoms with van der Waals surface area (Å²) >= 11 is 7.55. The van der Waals surface area contributed by atoms with Crippen LogP contribution in [0.25, 0.3) is 11.5 Å². The number of esters is 1. The molecule has 0 atom stereocenters. The van der Waals surface area contributed by atoms with Crippen molar-refractivity contribution in [2.75, 3.05) is 20.0 Å². The number of benzene rings is 1. The van der Waals surface area contributed by atoms with E-state index >= 15 is 0 Å². The van der Waals surface area contributed by atoms with Crippen LogP contribution in [0, 0.1) is 0 Å². The summed E-state index contributed by atoms with van der Waals surface area (Å²) in [6, 6.07) is 5.22. The third-order valence-electron chi connectivity index (χ3n) is 2.79. The Morgan fingerprint density at radius 2 is 2.18 bits per heavy atom. The second-order valence-corrected chi connectivity index (χ2v) is 5.70. The fraction of sp³-hybridized carbons (Fsp3) is 0.357. The lowest BCUT2D eigenvalue weighted by molar-refractivity contribution is -0.140. The zero-order chi connectivity index (χ0) is 15.9. The van der Waals surface area contributed by atoms with Gasteiger partial charge < -0.3 is 13.9 Å². The molecule has 0 aliphatic heterocycles. The number of carbonyl (C=O) groups is 1. The molecule has 0 N–H and O–H groups in total. The fourth-order valence-corrected chi connectivity index (χ4v) is 2.60. The van der Waals surface area contributed by atoms with Gasteiger partial charge in [0.15, 0.2) is 0 Å². The first-order valence-electron chi connectivity index (χ1n) is 6.51. The third-order valence-corrected chi connectivity index (χ3v) is 4.01. The Kier molecular flexibility index (Phi) is 6.09. The number of carbonyl (C=O) groups excluding carboxylic acids is 1. The zero-order valence-electron chi connectivity index (χ0n) is 12.2. The van der Waals surface area contributed by atoms with Crippen LogP contribution in [-0.4, -0.2) is 36.1 Å². The molecule has 1 aromatic carbocycles. The van der Waals surface area contributed by atoms with Crippen molar-refractivity contribution in [3.05, 3.63) is 23.2 Å². The first-order chi connectivity index (χ1) is 10.6. The topological polar surface area (TPSA) is 74.5 Å². The average molecular weight is 343 g/mol. The lowest BCUT2D eigenvalue weighted by Crippen LogP contribution is -1.99. The van der Waals surface area contributed by atoms with Gasteiger partial charge in [-0.15, -0.1) is 10.2 Å². The van der Waals surface area contributed by atoms with E-state index in [2.05, 4.69) is 14.9 Å². The molecule has 22 heavy (non-hydrogen) atoms. The van der Waals surface area contributed by atoms with Gasteiger partial charge in [0.2, 0.25) is 5.89 Å². The maximum atomic E-state index is 11.0. The number of halogens is 1. The number of thioether (sulfide) groups is 1. The highest BCUT2D eigenvalue weighted by molar-refractivity contribution is 7.99. The Morgan fingerprint density at radius 1 is 1.36 bits per heavy atom. The van der Waals surface area contributed by atoms with Crippen LogP contribution in [-0.2, 0) is 9.53 Å². The minimum absolute atomic E-state index is 0.225. The molecule has 2 rings (SSSR count). The number of rotatable bonds is 7. The summed E-state index contributed by atoms with van der Waals surface area (Å²) in [5, 5.41) is 8.85. The smallest absolute Gasteiger partial charge is 0.305 e. The van der Waals surface area contributed by atoms with Crippen LogP contribution < -0.4 is 4.74 Å². The van der Waals surface area contributed by atoms with Crippen molar-refractivity contribution in [3.8, 4) is 17.2 Å². The van der Waals surface area contributed by atoms with Gasteiger partial charge in [0.05, 0.1) is 24.8 Å². The Balaban J connectivity index is 1.95. The molecule has 0 saturated carbocycles. The molecule has 0 radical (unpaired) electrons. The summed E-state index contributed by atoms with van der Waals surface area (Å²) in [5.74, 6) is 1.47. The molecule has 0 fully saturated rings. The Bertz CT molecular complexity index is 648. The van der Waals surface area contributed by atoms with E-state index in [1.807, 2.05) is 0 Å². The van der Waals surface area contributed by atoms with Crippen LogP contribution in [0.5, 0.6) is 5.75 Å². The van der Waals surface area contributed by atoms with Crippen LogP contribution in [0.2, 0.25) is 5.02 Å². The van der Waals surface area contributed by atoms with E-state index in [-0.39, 0.29) is 5.97 Å². The molecule has 0 aliphatic carbocycles. The van der Waals surface area contributed by atoms with E-state index in [0.717, 1.165) is 0 Å². The van der Waals surface area contributed by atoms with Gasteiger partial charge >= 0.3 is 5.97 Å². The van der Waals surface area contributed by atoms with Crippen molar-refractivity contribution >= 4 is 29.3 Å². The van der Waals surface area contributed by atoms with Crippen LogP contribution in [0.1, 0.15) is 12.8 Å². The molecule has 1 heterocycles. The molecule has 0 unspecified atom stereocenters. The van der Waals surface area contributed by atoms with Gasteiger partial charge in [-0.3, -0.25) is 4.79 Å². The molecule has 0 spiro atoms. The molecule has 2 aromatic rings. The highest BCUT2D eigenvalue weighted by Gasteiger charge is 2.13. The normalized spacial score (nSPS) is 10.5. The molecule has 0 aliphatic rings. The summed E-state index contributed by atoms with van der Waals surface area (Å²) < 4.78 is 15.2. The van der Waals surface area contributed by atoms with Gasteiger partial charge in [0.25, 0.3) is 5.22 Å². The average Bonchev–Trinajstić information content (AvgIpc) is 2.99. The van der Waals surface area contributed by atoms with Crippen molar-refractivity contribution in [2.24, 2.45) is 0 Å². The van der Waals surface area contributed by atoms with Gasteiger partial charge in [0, 0.05) is 12.2 Å². The highest BCUT2D eigenvalue weighted by atomic mass is 35.5. The summed E-state index contributed by atoms with van der Waals surface area (Å²) in [6.07, 6.45) is 1.05. The SMILES string of the molecule is COC(=O)CCCSc1nnc(-c2ccc(OC)cc2Cl)o1. The number of aromatic nitrogens is 2. The number of methoxy groups -OCH3 is 2. The van der Waals surface area contributed by atoms with Gasteiger partial charge in [-0.25, -0.2) is 0 Å². The Labute approximate surface area is 137 Å². The minimum atomic E-state index is -0.225. The molecular formula is C14H15ClN2O4S. The number of ether oxygens (including phenoxy) is 2. The minimum Gasteiger partial charge on any atom is -0.497 e. The molecule has 1 aromatic heterocycles. The maximum absolute atomic E-state index is 11.0. The van der Waals surface area contributed by atoms with E-state index in [9.17, 15) is 4.79 Å². The lowest BCUT2D eigenvalue weighted by atomic mass is 10.2. The van der Waals surface area contributed by atoms with Crippen molar-refractivity contribution < 1.29 is 18.7 Å². The number of hydrogen-bond acceptors (Lipinski definition) is 7. The largest absolute Gasteiger partial charge is 0.497 e. The van der Waals surface area contributed by atoms with E-state index in [4.69, 9.17) is 20.8 Å². The predicted molar refractivity (Wildman–Crippen MR) is 83.3 cm³/mol. The van der Waals surface area contributed by atoms with Crippen molar-refractivity contribution in [1.29, 1.82) is 0 Å². The van der Waals surface area contributed by atoms with Crippen molar-refractivity contribution in [2.45, 2.75) is 18.1 Å². The first-order valence-corrected chi connectivity index (χ1v) is 7.87. The second-order valence-electron chi connectivity index (χ2n) is 4.25. The Morgan fingerprint density at radius 3 is 2.86 bits per heavy atom. The van der Waals surface area contributed by atoms with Gasteiger partial charge in [-0.05, 0) is 24.6 Å². The molecular weight excluding hydrogens is 328 g/mol. The van der Waals surface area contributed by atoms with Gasteiger partial charge in [-0.2, -0.15) is 0 Å². The fourth-order valence-electron chi connectivity index (χ4n) is 1.65. The molecule has 0 amide bonds. The molecule has 118 valence electrons. The van der Waals surface area contributed by atoms with E-state index in [0.29, 0.717) is 46.0 Å². The summed E-state index contributed by atoms with van der Waals surface area (Å²) in [7, 11) is 2.94. The quantitative estimate of drug-likeness (QED) is 0.433. The molecule has 6 nitrogen and oxygen atoms in total. The monoisotopic (exact) mass is 342 g/mol. The summed E-state index contributed by atoms with van der Waals surface area (Å²) in [6.45, 7) is 0. The van der Waals surface area contributed by atoms with Crippen molar-refractivity contribution in [1.82, 2.24) is 10.2 Å². The molecule has 0 bridgehead atoms. The second kappa shape index (κ2) is 8.05. The van der Waals surface area contributed by atoms with Crippen molar-refractivity contribution in [3.63, 3.8) is 0 Å². The van der Waals surface area contributed by atoms with Crippen LogP contribution >= 0.6 is 23.4 Å². The highest BCUT2D eigenvalue weighted by Crippen LogP contribution is 2.31. The maximum Gasteiger partial charge on any atom is 0.305 e. The lowest BCUT2D eigenvalue weighted by Gasteiger charge is -2.02. The number of hydrogen-bond donors (Lipinski definition) is 0. The number of nitrogens with zero attached hydrogens (tertiary/aromatic N) is 2. The third kappa shape index (κ3) is 4.38. The predicted octanol–water partition coefficient (Wildman–Crippen LogP) is 3.44. The van der Waals surface area contributed by atoms with E-state index in [1.54, 1.807) is 25.3 Å². The molecule has 0 saturated heterocycles. The van der Waals surface area contributed by atoms with Crippen LogP contribution in [0.15, 0.2) is 27.8 Å². The van der Waals surface area contributed by atoms with Crippen LogP contribution in [0.3, 0.4) is 0 Å².